The molecule has 9 heteroatoms. The fraction of sp³-hybridized carbons (Fsp3) is 0.100. The minimum Gasteiger partial charge on any atom is -0.504 e. The van der Waals surface area contributed by atoms with Crippen LogP contribution in [0.1, 0.15) is 5.56 Å². The third-order valence-corrected chi connectivity index (χ3v) is 4.15. The van der Waals surface area contributed by atoms with Crippen LogP contribution in [0.25, 0.3) is 10.8 Å². The first-order valence-electron chi connectivity index (χ1n) is 8.59. The summed E-state index contributed by atoms with van der Waals surface area (Å²) in [7, 11) is 1.21. The molecular weight excluding hydrogens is 376 g/mol. The van der Waals surface area contributed by atoms with Crippen LogP contribution >= 0.6 is 0 Å². The molecule has 148 valence electrons. The van der Waals surface area contributed by atoms with E-state index < -0.39 is 16.5 Å². The molecule has 9 nitrogen and oxygen atoms in total. The Kier molecular flexibility index (Phi) is 5.88. The summed E-state index contributed by atoms with van der Waals surface area (Å²) in [6.45, 7) is -0.0354. The van der Waals surface area contributed by atoms with Gasteiger partial charge in [-0.15, -0.1) is 0 Å². The van der Waals surface area contributed by atoms with Gasteiger partial charge in [-0.2, -0.15) is 5.10 Å². The zero-order valence-corrected chi connectivity index (χ0v) is 15.5. The molecular formula is C20H18N4O5. The van der Waals surface area contributed by atoms with Crippen LogP contribution in [-0.2, 0) is 4.79 Å². The maximum Gasteiger partial charge on any atom is 0.323 e. The van der Waals surface area contributed by atoms with Gasteiger partial charge in [-0.1, -0.05) is 36.4 Å². The number of hydrazone groups is 1. The standard InChI is InChI=1S/C20H18N4O5/c1-29-20-17(25)10-9-14(19(20)24(27)28)11-22-23-18(26)12-21-16-8-4-6-13-5-2-3-7-15(13)16/h2-11,21,25H,12H2,1H3,(H,23,26)/b22-11-. The molecule has 0 heterocycles. The second-order valence-corrected chi connectivity index (χ2v) is 5.99. The lowest BCUT2D eigenvalue weighted by Gasteiger charge is -2.09. The van der Waals surface area contributed by atoms with Crippen molar-refractivity contribution in [1.82, 2.24) is 5.43 Å². The largest absolute Gasteiger partial charge is 0.504 e. The van der Waals surface area contributed by atoms with Gasteiger partial charge in [-0.25, -0.2) is 5.43 Å². The van der Waals surface area contributed by atoms with E-state index in [1.54, 1.807) is 0 Å². The van der Waals surface area contributed by atoms with Crippen LogP contribution in [0.15, 0.2) is 59.7 Å². The minimum atomic E-state index is -0.691. The Bertz CT molecular complexity index is 1090. The zero-order valence-electron chi connectivity index (χ0n) is 15.5. The van der Waals surface area contributed by atoms with Gasteiger partial charge < -0.3 is 15.2 Å². The van der Waals surface area contributed by atoms with Crippen LogP contribution < -0.4 is 15.5 Å². The van der Waals surface area contributed by atoms with Crippen LogP contribution in [0, 0.1) is 10.1 Å². The Morgan fingerprint density at radius 3 is 2.72 bits per heavy atom. The molecule has 3 aromatic carbocycles. The van der Waals surface area contributed by atoms with Gasteiger partial charge in [0.25, 0.3) is 5.91 Å². The highest BCUT2D eigenvalue weighted by atomic mass is 16.6. The SMILES string of the molecule is COc1c(O)ccc(/C=N\NC(=O)CNc2cccc3ccccc23)c1[N+](=O)[O-]. The Morgan fingerprint density at radius 1 is 1.21 bits per heavy atom. The summed E-state index contributed by atoms with van der Waals surface area (Å²) in [6.07, 6.45) is 1.12. The van der Waals surface area contributed by atoms with E-state index >= 15 is 0 Å². The summed E-state index contributed by atoms with van der Waals surface area (Å²) in [5.74, 6) is -1.06. The molecule has 0 saturated heterocycles. The van der Waals surface area contributed by atoms with Crippen LogP contribution in [0.3, 0.4) is 0 Å². The number of nitrogens with one attached hydrogen (secondary N) is 2. The van der Waals surface area contributed by atoms with E-state index in [9.17, 15) is 20.0 Å². The summed E-state index contributed by atoms with van der Waals surface area (Å²) in [4.78, 5) is 22.6. The van der Waals surface area contributed by atoms with Gasteiger partial charge in [0.15, 0.2) is 5.75 Å². The number of carbonyl (C=O) groups excluding carboxylic acids is 1. The predicted molar refractivity (Wildman–Crippen MR) is 109 cm³/mol. The third-order valence-electron chi connectivity index (χ3n) is 4.15. The number of anilines is 1. The molecule has 0 aliphatic rings. The first kappa shape index (κ1) is 19.6. The predicted octanol–water partition coefficient (Wildman–Crippen LogP) is 3.02. The van der Waals surface area contributed by atoms with Crippen molar-refractivity contribution in [2.75, 3.05) is 19.0 Å². The molecule has 3 N–H and O–H groups in total. The summed E-state index contributed by atoms with van der Waals surface area (Å²) < 4.78 is 4.88. The number of benzene rings is 3. The highest BCUT2D eigenvalue weighted by molar-refractivity contribution is 5.95. The lowest BCUT2D eigenvalue weighted by atomic mass is 10.1. The van der Waals surface area contributed by atoms with Gasteiger partial charge >= 0.3 is 5.69 Å². The van der Waals surface area contributed by atoms with Crippen molar-refractivity contribution < 1.29 is 19.6 Å². The van der Waals surface area contributed by atoms with E-state index in [4.69, 9.17) is 4.74 Å². The molecule has 3 rings (SSSR count). The van der Waals surface area contributed by atoms with Crippen molar-refractivity contribution in [3.8, 4) is 11.5 Å². The van der Waals surface area contributed by atoms with E-state index in [0.717, 1.165) is 22.7 Å². The molecule has 0 unspecified atom stereocenters. The fourth-order valence-corrected chi connectivity index (χ4v) is 2.84. The number of phenolic OH excluding ortho intramolecular Hbond substituents is 1. The molecule has 0 bridgehead atoms. The molecule has 0 aliphatic heterocycles. The summed E-state index contributed by atoms with van der Waals surface area (Å²) in [6, 6.07) is 16.1. The average Bonchev–Trinajstić information content (AvgIpc) is 2.72. The number of methoxy groups -OCH3 is 1. The number of hydrogen-bond acceptors (Lipinski definition) is 7. The molecule has 0 atom stereocenters. The maximum atomic E-state index is 12.1. The van der Waals surface area contributed by atoms with E-state index in [1.165, 1.54) is 19.2 Å². The molecule has 0 spiro atoms. The topological polar surface area (TPSA) is 126 Å². The summed E-state index contributed by atoms with van der Waals surface area (Å²) in [5, 5.41) is 29.8. The minimum absolute atomic E-state index is 0.0354. The van der Waals surface area contributed by atoms with E-state index in [1.807, 2.05) is 42.5 Å². The fourth-order valence-electron chi connectivity index (χ4n) is 2.84. The Labute approximate surface area is 165 Å². The lowest BCUT2D eigenvalue weighted by Crippen LogP contribution is -2.26. The Morgan fingerprint density at radius 2 is 1.97 bits per heavy atom. The van der Waals surface area contributed by atoms with Crippen LogP contribution in [0.5, 0.6) is 11.5 Å². The molecule has 0 aliphatic carbocycles. The molecule has 0 saturated carbocycles. The van der Waals surface area contributed by atoms with Crippen molar-refractivity contribution in [2.24, 2.45) is 5.10 Å². The maximum absolute atomic E-state index is 12.1. The molecule has 3 aromatic rings. The molecule has 1 amide bonds. The first-order valence-corrected chi connectivity index (χ1v) is 8.59. The smallest absolute Gasteiger partial charge is 0.323 e. The van der Waals surface area contributed by atoms with Crippen molar-refractivity contribution in [3.63, 3.8) is 0 Å². The van der Waals surface area contributed by atoms with E-state index in [0.29, 0.717) is 0 Å². The van der Waals surface area contributed by atoms with Gasteiger partial charge in [0, 0.05) is 11.1 Å². The number of aromatic hydroxyl groups is 1. The molecule has 29 heavy (non-hydrogen) atoms. The normalized spacial score (nSPS) is 10.8. The monoisotopic (exact) mass is 394 g/mol. The number of carbonyl (C=O) groups is 1. The van der Waals surface area contributed by atoms with Gasteiger partial charge in [0.1, 0.15) is 0 Å². The Hall–Kier alpha value is -4.14. The van der Waals surface area contributed by atoms with Crippen molar-refractivity contribution >= 4 is 34.3 Å². The highest BCUT2D eigenvalue weighted by Crippen LogP contribution is 2.37. The highest BCUT2D eigenvalue weighted by Gasteiger charge is 2.23. The van der Waals surface area contributed by atoms with Crippen molar-refractivity contribution in [1.29, 1.82) is 0 Å². The van der Waals surface area contributed by atoms with Gasteiger partial charge in [0.2, 0.25) is 5.75 Å². The van der Waals surface area contributed by atoms with E-state index in [-0.39, 0.29) is 23.6 Å². The van der Waals surface area contributed by atoms with Crippen LogP contribution in [0.2, 0.25) is 0 Å². The number of fused-ring (bicyclic) bond motifs is 1. The second-order valence-electron chi connectivity index (χ2n) is 5.99. The number of hydrogen-bond donors (Lipinski definition) is 3. The van der Waals surface area contributed by atoms with E-state index in [2.05, 4.69) is 15.8 Å². The van der Waals surface area contributed by atoms with Gasteiger partial charge in [-0.3, -0.25) is 14.9 Å². The molecule has 0 fully saturated rings. The van der Waals surface area contributed by atoms with Crippen molar-refractivity contribution in [2.45, 2.75) is 0 Å². The van der Waals surface area contributed by atoms with Crippen molar-refractivity contribution in [3.05, 3.63) is 70.3 Å². The van der Waals surface area contributed by atoms with Crippen LogP contribution in [0.4, 0.5) is 11.4 Å². The number of ether oxygens (including phenoxy) is 1. The number of nitro groups is 1. The summed E-state index contributed by atoms with van der Waals surface area (Å²) >= 11 is 0. The van der Waals surface area contributed by atoms with Gasteiger partial charge in [0.05, 0.1) is 30.4 Å². The first-order chi connectivity index (χ1) is 14.0. The third kappa shape index (κ3) is 4.41. The molecule has 0 radical (unpaired) electrons. The molecule has 0 aromatic heterocycles. The zero-order chi connectivity index (χ0) is 20.8. The summed E-state index contributed by atoms with van der Waals surface area (Å²) in [5.41, 5.74) is 2.75. The number of nitrogens with zero attached hydrogens (tertiary/aromatic N) is 2. The van der Waals surface area contributed by atoms with Crippen LogP contribution in [-0.4, -0.2) is 35.8 Å². The Balaban J connectivity index is 1.67. The van der Waals surface area contributed by atoms with Gasteiger partial charge in [-0.05, 0) is 23.6 Å². The second kappa shape index (κ2) is 8.70. The number of phenols is 1. The number of nitro benzene ring substituents is 1. The number of amides is 1. The average molecular weight is 394 g/mol. The quantitative estimate of drug-likeness (QED) is 0.321. The lowest BCUT2D eigenvalue weighted by molar-refractivity contribution is -0.386. The number of rotatable bonds is 7.